The van der Waals surface area contributed by atoms with Crippen molar-refractivity contribution in [2.24, 2.45) is 5.14 Å². The summed E-state index contributed by atoms with van der Waals surface area (Å²) in [6, 6.07) is 5.69. The van der Waals surface area contributed by atoms with Gasteiger partial charge in [-0.05, 0) is 17.7 Å². The van der Waals surface area contributed by atoms with Gasteiger partial charge in [0.25, 0.3) is 0 Å². The number of hydrogen-bond donors (Lipinski definition) is 3. The molecule has 0 bridgehead atoms. The Bertz CT molecular complexity index is 581. The standard InChI is InChI=1S/C11H14N2O6S/c12-20(17,18)9-3-1-8(2-4-9)5-13-10(14)6-19-7-11(15)16/h1-4H,5-7H2,(H,13,14)(H,15,16)(H2,12,17,18). The van der Waals surface area contributed by atoms with E-state index in [-0.39, 0.29) is 18.0 Å². The summed E-state index contributed by atoms with van der Waals surface area (Å²) in [6.45, 7) is -0.738. The Labute approximate surface area is 115 Å². The zero-order valence-corrected chi connectivity index (χ0v) is 11.2. The summed E-state index contributed by atoms with van der Waals surface area (Å²) in [6.07, 6.45) is 0. The lowest BCUT2D eigenvalue weighted by molar-refractivity contribution is -0.143. The van der Waals surface area contributed by atoms with Gasteiger partial charge in [-0.15, -0.1) is 0 Å². The van der Waals surface area contributed by atoms with E-state index in [1.165, 1.54) is 24.3 Å². The van der Waals surface area contributed by atoms with Gasteiger partial charge in [-0.3, -0.25) is 4.79 Å². The fraction of sp³-hybridized carbons (Fsp3) is 0.273. The van der Waals surface area contributed by atoms with E-state index < -0.39 is 28.5 Å². The third-order valence-corrected chi connectivity index (χ3v) is 3.13. The van der Waals surface area contributed by atoms with Crippen LogP contribution in [0.25, 0.3) is 0 Å². The summed E-state index contributed by atoms with van der Waals surface area (Å²) in [4.78, 5) is 21.4. The van der Waals surface area contributed by atoms with E-state index in [2.05, 4.69) is 10.1 Å². The largest absolute Gasteiger partial charge is 0.480 e. The predicted octanol–water partition coefficient (Wildman–Crippen LogP) is -0.949. The molecule has 0 atom stereocenters. The Morgan fingerprint density at radius 1 is 1.20 bits per heavy atom. The van der Waals surface area contributed by atoms with Gasteiger partial charge in [0.2, 0.25) is 15.9 Å². The molecule has 0 saturated carbocycles. The zero-order valence-electron chi connectivity index (χ0n) is 10.4. The SMILES string of the molecule is NS(=O)(=O)c1ccc(CNC(=O)COCC(=O)O)cc1. The smallest absolute Gasteiger partial charge is 0.329 e. The van der Waals surface area contributed by atoms with E-state index in [1.54, 1.807) is 0 Å². The molecule has 0 aliphatic rings. The maximum absolute atomic E-state index is 11.3. The van der Waals surface area contributed by atoms with Gasteiger partial charge in [-0.2, -0.15) is 0 Å². The molecular formula is C11H14N2O6S. The molecule has 0 spiro atoms. The third-order valence-electron chi connectivity index (χ3n) is 2.20. The first-order valence-electron chi connectivity index (χ1n) is 5.47. The number of benzene rings is 1. The molecule has 0 fully saturated rings. The number of hydrogen-bond acceptors (Lipinski definition) is 5. The van der Waals surface area contributed by atoms with Gasteiger partial charge < -0.3 is 15.2 Å². The van der Waals surface area contributed by atoms with Crippen LogP contribution in [0.1, 0.15) is 5.56 Å². The van der Waals surface area contributed by atoms with Crippen molar-refractivity contribution in [3.63, 3.8) is 0 Å². The molecule has 9 heteroatoms. The lowest BCUT2D eigenvalue weighted by atomic mass is 10.2. The van der Waals surface area contributed by atoms with Crippen LogP contribution in [0.3, 0.4) is 0 Å². The average molecular weight is 302 g/mol. The van der Waals surface area contributed by atoms with Crippen LogP contribution in [0.5, 0.6) is 0 Å². The Morgan fingerprint density at radius 2 is 1.80 bits per heavy atom. The van der Waals surface area contributed by atoms with Crippen molar-refractivity contribution < 1.29 is 27.9 Å². The lowest BCUT2D eigenvalue weighted by Crippen LogP contribution is -2.28. The summed E-state index contributed by atoms with van der Waals surface area (Å²) in [5.41, 5.74) is 0.670. The molecule has 1 amide bonds. The number of carboxylic acids is 1. The fourth-order valence-corrected chi connectivity index (χ4v) is 1.80. The van der Waals surface area contributed by atoms with E-state index in [9.17, 15) is 18.0 Å². The first-order valence-corrected chi connectivity index (χ1v) is 7.01. The molecular weight excluding hydrogens is 288 g/mol. The summed E-state index contributed by atoms with van der Waals surface area (Å²) >= 11 is 0. The molecule has 8 nitrogen and oxygen atoms in total. The van der Waals surface area contributed by atoms with Crippen molar-refractivity contribution in [2.45, 2.75) is 11.4 Å². The number of aliphatic carboxylic acids is 1. The highest BCUT2D eigenvalue weighted by Gasteiger charge is 2.07. The maximum atomic E-state index is 11.3. The van der Waals surface area contributed by atoms with E-state index in [4.69, 9.17) is 10.2 Å². The number of ether oxygens (including phenoxy) is 1. The number of carbonyl (C=O) groups is 2. The van der Waals surface area contributed by atoms with E-state index in [0.29, 0.717) is 5.56 Å². The maximum Gasteiger partial charge on any atom is 0.329 e. The van der Waals surface area contributed by atoms with Crippen LogP contribution < -0.4 is 10.5 Å². The number of nitrogens with one attached hydrogen (secondary N) is 1. The minimum Gasteiger partial charge on any atom is -0.480 e. The Kier molecular flexibility index (Phi) is 5.62. The summed E-state index contributed by atoms with van der Waals surface area (Å²) in [7, 11) is -3.73. The Hall–Kier alpha value is -1.97. The van der Waals surface area contributed by atoms with Crippen molar-refractivity contribution in [1.29, 1.82) is 0 Å². The van der Waals surface area contributed by atoms with Gasteiger partial charge in [0.05, 0.1) is 4.90 Å². The van der Waals surface area contributed by atoms with Crippen LogP contribution in [0, 0.1) is 0 Å². The molecule has 1 aromatic rings. The van der Waals surface area contributed by atoms with Gasteiger partial charge in [0.1, 0.15) is 13.2 Å². The molecule has 110 valence electrons. The van der Waals surface area contributed by atoms with Crippen LogP contribution in [0.2, 0.25) is 0 Å². The van der Waals surface area contributed by atoms with E-state index in [1.807, 2.05) is 0 Å². The second kappa shape index (κ2) is 6.98. The highest BCUT2D eigenvalue weighted by atomic mass is 32.2. The number of rotatable bonds is 7. The summed E-state index contributed by atoms with van der Waals surface area (Å²) in [5.74, 6) is -1.63. The van der Waals surface area contributed by atoms with Gasteiger partial charge in [0, 0.05) is 6.54 Å². The minimum atomic E-state index is -3.73. The highest BCUT2D eigenvalue weighted by Crippen LogP contribution is 2.08. The van der Waals surface area contributed by atoms with E-state index in [0.717, 1.165) is 0 Å². The molecule has 1 aromatic carbocycles. The molecule has 20 heavy (non-hydrogen) atoms. The molecule has 4 N–H and O–H groups in total. The van der Waals surface area contributed by atoms with Gasteiger partial charge in [-0.1, -0.05) is 12.1 Å². The fourth-order valence-electron chi connectivity index (χ4n) is 1.28. The average Bonchev–Trinajstić information content (AvgIpc) is 2.35. The number of primary sulfonamides is 1. The molecule has 0 aliphatic carbocycles. The normalized spacial score (nSPS) is 11.1. The molecule has 0 aliphatic heterocycles. The predicted molar refractivity (Wildman–Crippen MR) is 68.1 cm³/mol. The van der Waals surface area contributed by atoms with Crippen LogP contribution in [-0.4, -0.2) is 38.6 Å². The van der Waals surface area contributed by atoms with Gasteiger partial charge >= 0.3 is 5.97 Å². The quantitative estimate of drug-likeness (QED) is 0.594. The van der Waals surface area contributed by atoms with Crippen LogP contribution >= 0.6 is 0 Å². The lowest BCUT2D eigenvalue weighted by Gasteiger charge is -2.06. The molecule has 0 heterocycles. The van der Waals surface area contributed by atoms with Crippen molar-refractivity contribution in [2.75, 3.05) is 13.2 Å². The highest BCUT2D eigenvalue weighted by molar-refractivity contribution is 7.89. The van der Waals surface area contributed by atoms with E-state index >= 15 is 0 Å². The number of sulfonamides is 1. The van der Waals surface area contributed by atoms with Crippen molar-refractivity contribution >= 4 is 21.9 Å². The first-order chi connectivity index (χ1) is 9.29. The zero-order chi connectivity index (χ0) is 15.2. The second-order valence-electron chi connectivity index (χ2n) is 3.85. The Balaban J connectivity index is 2.42. The van der Waals surface area contributed by atoms with Crippen molar-refractivity contribution in [3.05, 3.63) is 29.8 Å². The second-order valence-corrected chi connectivity index (χ2v) is 5.41. The first kappa shape index (κ1) is 16.1. The molecule has 1 rings (SSSR count). The molecule has 0 saturated heterocycles. The number of nitrogens with two attached hydrogens (primary N) is 1. The monoisotopic (exact) mass is 302 g/mol. The topological polar surface area (TPSA) is 136 Å². The Morgan fingerprint density at radius 3 is 2.30 bits per heavy atom. The molecule has 0 radical (unpaired) electrons. The van der Waals surface area contributed by atoms with Crippen LogP contribution in [0.15, 0.2) is 29.2 Å². The van der Waals surface area contributed by atoms with Gasteiger partial charge in [-0.25, -0.2) is 18.4 Å². The minimum absolute atomic E-state index is 0.0163. The summed E-state index contributed by atoms with van der Waals surface area (Å²) < 4.78 is 26.7. The number of carbonyl (C=O) groups excluding carboxylic acids is 1. The summed E-state index contributed by atoms with van der Waals surface area (Å²) in [5, 5.41) is 15.7. The molecule has 0 aromatic heterocycles. The van der Waals surface area contributed by atoms with Crippen LogP contribution in [-0.2, 0) is 30.9 Å². The van der Waals surface area contributed by atoms with Crippen molar-refractivity contribution in [1.82, 2.24) is 5.32 Å². The third kappa shape index (κ3) is 5.78. The molecule has 0 unspecified atom stereocenters. The van der Waals surface area contributed by atoms with Gasteiger partial charge in [0.15, 0.2) is 0 Å². The number of carboxylic acid groups (broad SMARTS) is 1. The van der Waals surface area contributed by atoms with Crippen LogP contribution in [0.4, 0.5) is 0 Å². The van der Waals surface area contributed by atoms with Crippen molar-refractivity contribution in [3.8, 4) is 0 Å². The number of amides is 1.